The highest BCUT2D eigenvalue weighted by molar-refractivity contribution is 7.99. The van der Waals surface area contributed by atoms with Gasteiger partial charge in [0.15, 0.2) is 0 Å². The summed E-state index contributed by atoms with van der Waals surface area (Å²) in [6.45, 7) is 2.05. The van der Waals surface area contributed by atoms with Crippen LogP contribution in [0.15, 0.2) is 29.2 Å². The molecule has 80 valence electrons. The van der Waals surface area contributed by atoms with E-state index in [9.17, 15) is 4.79 Å². The molecule has 2 nitrogen and oxygen atoms in total. The van der Waals surface area contributed by atoms with Gasteiger partial charge in [-0.2, -0.15) is 0 Å². The fraction of sp³-hybridized carbons (Fsp3) is 0.417. The summed E-state index contributed by atoms with van der Waals surface area (Å²) in [5, 5.41) is 9.02. The van der Waals surface area contributed by atoms with Crippen molar-refractivity contribution in [2.45, 2.75) is 24.7 Å². The Morgan fingerprint density at radius 3 is 2.80 bits per heavy atom. The molecule has 1 saturated carbocycles. The molecule has 0 amide bonds. The minimum absolute atomic E-state index is 0.422. The molecular formula is C12H14O2S. The maximum absolute atomic E-state index is 11.0. The number of benzene rings is 1. The molecule has 0 aliphatic heterocycles. The van der Waals surface area contributed by atoms with Crippen LogP contribution in [-0.4, -0.2) is 16.8 Å². The van der Waals surface area contributed by atoms with E-state index in [0.29, 0.717) is 5.75 Å². The molecule has 1 aromatic rings. The first-order valence-corrected chi connectivity index (χ1v) is 6.04. The van der Waals surface area contributed by atoms with Gasteiger partial charge in [0.25, 0.3) is 0 Å². The Morgan fingerprint density at radius 2 is 2.27 bits per heavy atom. The zero-order valence-corrected chi connectivity index (χ0v) is 9.51. The van der Waals surface area contributed by atoms with E-state index >= 15 is 0 Å². The van der Waals surface area contributed by atoms with Gasteiger partial charge in [0.05, 0.1) is 5.41 Å². The van der Waals surface area contributed by atoms with Crippen LogP contribution in [0.2, 0.25) is 0 Å². The summed E-state index contributed by atoms with van der Waals surface area (Å²) in [5.74, 6) is 0.0638. The average Bonchev–Trinajstić information content (AvgIpc) is 2.96. The van der Waals surface area contributed by atoms with Crippen molar-refractivity contribution in [3.63, 3.8) is 0 Å². The summed E-state index contributed by atoms with van der Waals surface area (Å²) in [4.78, 5) is 12.1. The monoisotopic (exact) mass is 222 g/mol. The molecule has 0 radical (unpaired) electrons. The van der Waals surface area contributed by atoms with Gasteiger partial charge >= 0.3 is 5.97 Å². The first-order chi connectivity index (χ1) is 7.12. The highest BCUT2D eigenvalue weighted by atomic mass is 32.2. The summed E-state index contributed by atoms with van der Waals surface area (Å²) in [5.41, 5.74) is 0.800. The summed E-state index contributed by atoms with van der Waals surface area (Å²) >= 11 is 1.65. The third kappa shape index (κ3) is 2.34. The topological polar surface area (TPSA) is 37.3 Å². The smallest absolute Gasteiger partial charge is 0.310 e. The average molecular weight is 222 g/mol. The minimum atomic E-state index is -0.636. The van der Waals surface area contributed by atoms with Gasteiger partial charge in [-0.1, -0.05) is 17.7 Å². The number of aryl methyl sites for hydroxylation is 1. The van der Waals surface area contributed by atoms with Crippen LogP contribution >= 0.6 is 11.8 Å². The van der Waals surface area contributed by atoms with E-state index in [-0.39, 0.29) is 0 Å². The molecular weight excluding hydrogens is 208 g/mol. The van der Waals surface area contributed by atoms with Crippen molar-refractivity contribution in [2.24, 2.45) is 5.41 Å². The predicted octanol–water partition coefficient (Wildman–Crippen LogP) is 2.95. The van der Waals surface area contributed by atoms with Crippen LogP contribution in [0.3, 0.4) is 0 Å². The Kier molecular flexibility index (Phi) is 2.74. The Bertz CT molecular complexity index is 383. The molecule has 1 aliphatic rings. The van der Waals surface area contributed by atoms with Crippen molar-refractivity contribution in [3.8, 4) is 0 Å². The van der Waals surface area contributed by atoms with E-state index in [4.69, 9.17) is 5.11 Å². The number of carboxylic acid groups (broad SMARTS) is 1. The number of carboxylic acids is 1. The first-order valence-electron chi connectivity index (χ1n) is 5.05. The Balaban J connectivity index is 1.96. The van der Waals surface area contributed by atoms with Gasteiger partial charge in [-0.05, 0) is 31.9 Å². The van der Waals surface area contributed by atoms with E-state index in [1.807, 2.05) is 25.1 Å². The van der Waals surface area contributed by atoms with Crippen molar-refractivity contribution >= 4 is 17.7 Å². The molecule has 15 heavy (non-hydrogen) atoms. The van der Waals surface area contributed by atoms with Crippen LogP contribution in [0.25, 0.3) is 0 Å². The second-order valence-corrected chi connectivity index (χ2v) is 5.24. The largest absolute Gasteiger partial charge is 0.481 e. The van der Waals surface area contributed by atoms with E-state index in [1.165, 1.54) is 10.5 Å². The van der Waals surface area contributed by atoms with Crippen LogP contribution in [0.4, 0.5) is 0 Å². The zero-order chi connectivity index (χ0) is 10.9. The quantitative estimate of drug-likeness (QED) is 0.796. The lowest BCUT2D eigenvalue weighted by atomic mass is 10.1. The Labute approximate surface area is 93.7 Å². The molecule has 1 aromatic carbocycles. The first kappa shape index (κ1) is 10.6. The molecule has 1 fully saturated rings. The normalized spacial score (nSPS) is 17.4. The molecule has 0 bridgehead atoms. The zero-order valence-electron chi connectivity index (χ0n) is 8.69. The molecule has 1 N–H and O–H groups in total. The van der Waals surface area contributed by atoms with E-state index in [0.717, 1.165) is 12.8 Å². The van der Waals surface area contributed by atoms with Gasteiger partial charge in [-0.15, -0.1) is 11.8 Å². The summed E-state index contributed by atoms with van der Waals surface area (Å²) < 4.78 is 0. The molecule has 0 saturated heterocycles. The standard InChI is InChI=1S/C12H14O2S/c1-9-3-2-4-10(7-9)15-8-12(5-6-12)11(13)14/h2-4,7H,5-6,8H2,1H3,(H,13,14). The highest BCUT2D eigenvalue weighted by Gasteiger charge is 2.49. The summed E-state index contributed by atoms with van der Waals surface area (Å²) in [6, 6.07) is 8.20. The fourth-order valence-electron chi connectivity index (χ4n) is 1.50. The van der Waals surface area contributed by atoms with Gasteiger partial charge in [0.2, 0.25) is 0 Å². The SMILES string of the molecule is Cc1cccc(SCC2(C(=O)O)CC2)c1. The molecule has 0 unspecified atom stereocenters. The Morgan fingerprint density at radius 1 is 1.53 bits per heavy atom. The van der Waals surface area contributed by atoms with Crippen LogP contribution in [0.1, 0.15) is 18.4 Å². The van der Waals surface area contributed by atoms with Gasteiger partial charge in [0.1, 0.15) is 0 Å². The minimum Gasteiger partial charge on any atom is -0.481 e. The molecule has 3 heteroatoms. The maximum atomic E-state index is 11.0. The lowest BCUT2D eigenvalue weighted by molar-refractivity contribution is -0.142. The number of thioether (sulfide) groups is 1. The molecule has 2 rings (SSSR count). The van der Waals surface area contributed by atoms with E-state index in [2.05, 4.69) is 6.07 Å². The van der Waals surface area contributed by atoms with Crippen molar-refractivity contribution in [1.82, 2.24) is 0 Å². The van der Waals surface area contributed by atoms with Crippen molar-refractivity contribution in [1.29, 1.82) is 0 Å². The second kappa shape index (κ2) is 3.89. The third-order valence-corrected chi connectivity index (χ3v) is 4.10. The maximum Gasteiger partial charge on any atom is 0.310 e. The van der Waals surface area contributed by atoms with Crippen LogP contribution < -0.4 is 0 Å². The molecule has 0 spiro atoms. The van der Waals surface area contributed by atoms with Crippen molar-refractivity contribution < 1.29 is 9.90 Å². The number of hydrogen-bond donors (Lipinski definition) is 1. The molecule has 0 heterocycles. The number of rotatable bonds is 4. The third-order valence-electron chi connectivity index (χ3n) is 2.81. The summed E-state index contributed by atoms with van der Waals surface area (Å²) in [6.07, 6.45) is 1.67. The predicted molar refractivity (Wildman–Crippen MR) is 61.2 cm³/mol. The van der Waals surface area contributed by atoms with Crippen molar-refractivity contribution in [3.05, 3.63) is 29.8 Å². The second-order valence-electron chi connectivity index (χ2n) is 4.19. The van der Waals surface area contributed by atoms with E-state index in [1.54, 1.807) is 11.8 Å². The van der Waals surface area contributed by atoms with Gasteiger partial charge < -0.3 is 5.11 Å². The van der Waals surface area contributed by atoms with Gasteiger partial charge in [0, 0.05) is 10.6 Å². The van der Waals surface area contributed by atoms with Crippen LogP contribution in [0, 0.1) is 12.3 Å². The van der Waals surface area contributed by atoms with Crippen LogP contribution in [0.5, 0.6) is 0 Å². The Hall–Kier alpha value is -0.960. The summed E-state index contributed by atoms with van der Waals surface area (Å²) in [7, 11) is 0. The lowest BCUT2D eigenvalue weighted by Crippen LogP contribution is -2.17. The number of hydrogen-bond acceptors (Lipinski definition) is 2. The lowest BCUT2D eigenvalue weighted by Gasteiger charge is -2.08. The van der Waals surface area contributed by atoms with E-state index < -0.39 is 11.4 Å². The fourth-order valence-corrected chi connectivity index (χ4v) is 2.80. The highest BCUT2D eigenvalue weighted by Crippen LogP contribution is 2.49. The number of aliphatic carboxylic acids is 1. The molecule has 1 aliphatic carbocycles. The molecule has 0 aromatic heterocycles. The van der Waals surface area contributed by atoms with Gasteiger partial charge in [-0.25, -0.2) is 0 Å². The molecule has 0 atom stereocenters. The van der Waals surface area contributed by atoms with Crippen LogP contribution in [-0.2, 0) is 4.79 Å². The van der Waals surface area contributed by atoms with Gasteiger partial charge in [-0.3, -0.25) is 4.79 Å². The number of carbonyl (C=O) groups is 1. The van der Waals surface area contributed by atoms with Crippen molar-refractivity contribution in [2.75, 3.05) is 5.75 Å².